The molecule has 0 saturated heterocycles. The van der Waals surface area contributed by atoms with E-state index in [1.807, 2.05) is 0 Å². The molecule has 0 unspecified atom stereocenters. The summed E-state index contributed by atoms with van der Waals surface area (Å²) in [4.78, 5) is 45.0. The average Bonchev–Trinajstić information content (AvgIpc) is 2.44. The maximum absolute atomic E-state index is 9.00. The standard InChI is InChI=1S/C5H15N3O.5C2H4O2/c6-1-2-7-3-4-8-5-9;5*1-2(3)4/h7-9H,1-6H2;5*1H3,(H,3,4). The van der Waals surface area contributed by atoms with Gasteiger partial charge in [-0.2, -0.15) is 0 Å². The van der Waals surface area contributed by atoms with E-state index in [4.69, 9.17) is 60.3 Å². The van der Waals surface area contributed by atoms with Crippen molar-refractivity contribution >= 4 is 29.8 Å². The highest BCUT2D eigenvalue weighted by Gasteiger charge is 1.82. The van der Waals surface area contributed by atoms with E-state index in [9.17, 15) is 0 Å². The first-order valence-electron chi connectivity index (χ1n) is 7.78. The lowest BCUT2D eigenvalue weighted by Crippen LogP contribution is -2.30. The van der Waals surface area contributed by atoms with Gasteiger partial charge in [0.25, 0.3) is 29.8 Å². The van der Waals surface area contributed by atoms with Gasteiger partial charge in [-0.1, -0.05) is 0 Å². The molecule has 0 spiro atoms. The van der Waals surface area contributed by atoms with E-state index < -0.39 is 29.8 Å². The van der Waals surface area contributed by atoms with E-state index in [1.165, 1.54) is 0 Å². The molecule has 29 heavy (non-hydrogen) atoms. The molecule has 0 aromatic heterocycles. The van der Waals surface area contributed by atoms with Crippen molar-refractivity contribution in [1.29, 1.82) is 0 Å². The molecule has 14 nitrogen and oxygen atoms in total. The minimum atomic E-state index is -0.833. The maximum atomic E-state index is 9.00. The van der Waals surface area contributed by atoms with E-state index in [-0.39, 0.29) is 6.73 Å². The monoisotopic (exact) mass is 433 g/mol. The molecule has 0 saturated carbocycles. The van der Waals surface area contributed by atoms with Gasteiger partial charge in [0.05, 0.1) is 6.73 Å². The van der Waals surface area contributed by atoms with E-state index in [0.717, 1.165) is 54.3 Å². The SMILES string of the molecule is CC(=O)O.CC(=O)O.CC(=O)O.CC(=O)O.CC(=O)O.NCCNCCNCO. The Hall–Kier alpha value is -2.81. The lowest BCUT2D eigenvalue weighted by atomic mass is 10.5. The summed E-state index contributed by atoms with van der Waals surface area (Å²) in [7, 11) is 0. The molecule has 176 valence electrons. The van der Waals surface area contributed by atoms with Crippen LogP contribution in [0.1, 0.15) is 34.6 Å². The Labute approximate surface area is 169 Å². The number of aliphatic hydroxyl groups is 1. The summed E-state index contributed by atoms with van der Waals surface area (Å²) in [5.74, 6) is -4.17. The van der Waals surface area contributed by atoms with Crippen LogP contribution < -0.4 is 16.4 Å². The fourth-order valence-electron chi connectivity index (χ4n) is 0.483. The van der Waals surface area contributed by atoms with Gasteiger partial charge < -0.3 is 41.7 Å². The second-order valence-electron chi connectivity index (χ2n) is 4.29. The molecule has 0 aromatic rings. The Kier molecular flexibility index (Phi) is 56.3. The van der Waals surface area contributed by atoms with Crippen LogP contribution in [0.15, 0.2) is 0 Å². The van der Waals surface area contributed by atoms with Gasteiger partial charge in [0.1, 0.15) is 0 Å². The van der Waals surface area contributed by atoms with Crippen molar-refractivity contribution < 1.29 is 54.6 Å². The molecule has 0 aliphatic heterocycles. The number of aliphatic hydroxyl groups excluding tert-OH is 1. The van der Waals surface area contributed by atoms with Crippen molar-refractivity contribution in [3.8, 4) is 0 Å². The fraction of sp³-hybridized carbons (Fsp3) is 0.667. The molecule has 0 aliphatic carbocycles. The summed E-state index contributed by atoms with van der Waals surface area (Å²) in [5, 5.41) is 51.2. The molecular formula is C15H35N3O11. The van der Waals surface area contributed by atoms with Gasteiger partial charge in [-0.25, -0.2) is 0 Å². The van der Waals surface area contributed by atoms with E-state index in [1.54, 1.807) is 0 Å². The largest absolute Gasteiger partial charge is 0.481 e. The highest BCUT2D eigenvalue weighted by Crippen LogP contribution is 1.55. The van der Waals surface area contributed by atoms with Crippen LogP contribution in [0, 0.1) is 0 Å². The van der Waals surface area contributed by atoms with Crippen LogP contribution in [0.2, 0.25) is 0 Å². The van der Waals surface area contributed by atoms with Gasteiger partial charge in [0, 0.05) is 60.8 Å². The minimum absolute atomic E-state index is 0.0459. The van der Waals surface area contributed by atoms with Crippen LogP contribution in [-0.2, 0) is 24.0 Å². The highest BCUT2D eigenvalue weighted by molar-refractivity contribution is 5.63. The van der Waals surface area contributed by atoms with Gasteiger partial charge in [-0.3, -0.25) is 29.3 Å². The predicted octanol–water partition coefficient (Wildman–Crippen LogP) is -1.47. The lowest BCUT2D eigenvalue weighted by molar-refractivity contribution is -0.135. The number of rotatable bonds is 6. The Balaban J connectivity index is -0.0000000575. The van der Waals surface area contributed by atoms with Gasteiger partial charge in [0.15, 0.2) is 0 Å². The number of hydrogen-bond donors (Lipinski definition) is 9. The number of hydrogen-bond acceptors (Lipinski definition) is 9. The molecule has 14 heteroatoms. The Bertz CT molecular complexity index is 309. The molecule has 10 N–H and O–H groups in total. The summed E-state index contributed by atoms with van der Waals surface area (Å²) in [5.41, 5.74) is 5.21. The zero-order chi connectivity index (χ0) is 24.8. The van der Waals surface area contributed by atoms with Crippen molar-refractivity contribution in [2.75, 3.05) is 32.9 Å². The number of aliphatic carboxylic acids is 5. The third-order valence-electron chi connectivity index (χ3n) is 0.911. The molecule has 0 heterocycles. The van der Waals surface area contributed by atoms with Gasteiger partial charge >= 0.3 is 0 Å². The third kappa shape index (κ3) is 1330. The summed E-state index contributed by atoms with van der Waals surface area (Å²) in [6, 6.07) is 0. The average molecular weight is 433 g/mol. The van der Waals surface area contributed by atoms with Gasteiger partial charge in [-0.05, 0) is 0 Å². The van der Waals surface area contributed by atoms with Crippen LogP contribution in [0.4, 0.5) is 0 Å². The molecule has 0 bridgehead atoms. The van der Waals surface area contributed by atoms with Crippen LogP contribution in [0.3, 0.4) is 0 Å². The molecule has 0 fully saturated rings. The Morgan fingerprint density at radius 1 is 0.586 bits per heavy atom. The Morgan fingerprint density at radius 2 is 0.793 bits per heavy atom. The number of nitrogens with one attached hydrogen (secondary N) is 2. The minimum Gasteiger partial charge on any atom is -0.481 e. The second-order valence-corrected chi connectivity index (χ2v) is 4.29. The van der Waals surface area contributed by atoms with Crippen molar-refractivity contribution in [2.24, 2.45) is 5.73 Å². The van der Waals surface area contributed by atoms with Crippen LogP contribution in [0.25, 0.3) is 0 Å². The summed E-state index contributed by atoms with van der Waals surface area (Å²) < 4.78 is 0. The maximum Gasteiger partial charge on any atom is 0.300 e. The zero-order valence-corrected chi connectivity index (χ0v) is 17.3. The van der Waals surface area contributed by atoms with E-state index in [0.29, 0.717) is 6.54 Å². The molecular weight excluding hydrogens is 398 g/mol. The van der Waals surface area contributed by atoms with Crippen LogP contribution >= 0.6 is 0 Å². The van der Waals surface area contributed by atoms with Crippen LogP contribution in [-0.4, -0.2) is 93.4 Å². The first-order valence-corrected chi connectivity index (χ1v) is 7.78. The zero-order valence-electron chi connectivity index (χ0n) is 17.3. The predicted molar refractivity (Wildman–Crippen MR) is 104 cm³/mol. The molecule has 0 rings (SSSR count). The second kappa shape index (κ2) is 40.0. The fourth-order valence-corrected chi connectivity index (χ4v) is 0.483. The Morgan fingerprint density at radius 3 is 0.966 bits per heavy atom. The molecule has 0 aromatic carbocycles. The smallest absolute Gasteiger partial charge is 0.300 e. The van der Waals surface area contributed by atoms with E-state index >= 15 is 0 Å². The lowest BCUT2D eigenvalue weighted by Gasteiger charge is -2.01. The number of carboxylic acid groups (broad SMARTS) is 5. The van der Waals surface area contributed by atoms with E-state index in [2.05, 4.69) is 10.6 Å². The molecule has 0 amide bonds. The van der Waals surface area contributed by atoms with Crippen molar-refractivity contribution in [2.45, 2.75) is 34.6 Å². The summed E-state index contributed by atoms with van der Waals surface area (Å²) >= 11 is 0. The summed E-state index contributed by atoms with van der Waals surface area (Å²) in [6.45, 7) is 8.62. The van der Waals surface area contributed by atoms with Crippen molar-refractivity contribution in [1.82, 2.24) is 10.6 Å². The van der Waals surface area contributed by atoms with Crippen molar-refractivity contribution in [3.63, 3.8) is 0 Å². The topological polar surface area (TPSA) is 257 Å². The quantitative estimate of drug-likeness (QED) is 0.171. The van der Waals surface area contributed by atoms with Crippen LogP contribution in [0.5, 0.6) is 0 Å². The first-order chi connectivity index (χ1) is 13.1. The number of nitrogens with two attached hydrogens (primary N) is 1. The molecule has 0 aliphatic rings. The molecule has 0 radical (unpaired) electrons. The summed E-state index contributed by atoms with van der Waals surface area (Å²) in [6.07, 6.45) is 0. The normalized spacial score (nSPS) is 7.41. The molecule has 0 atom stereocenters. The van der Waals surface area contributed by atoms with Gasteiger partial charge in [-0.15, -0.1) is 0 Å². The first kappa shape index (κ1) is 40.8. The van der Waals surface area contributed by atoms with Crippen molar-refractivity contribution in [3.05, 3.63) is 0 Å². The number of carbonyl (C=O) groups is 5. The number of carboxylic acids is 5. The third-order valence-corrected chi connectivity index (χ3v) is 0.911. The van der Waals surface area contributed by atoms with Gasteiger partial charge in [0.2, 0.25) is 0 Å². The highest BCUT2D eigenvalue weighted by atomic mass is 16.4.